The molecule has 3 aromatic carbocycles. The number of hydrogen-bond donors (Lipinski definition) is 1. The summed E-state index contributed by atoms with van der Waals surface area (Å²) in [6.45, 7) is 3.49. The molecule has 1 aliphatic rings. The predicted molar refractivity (Wildman–Crippen MR) is 137 cm³/mol. The fourth-order valence-corrected chi connectivity index (χ4v) is 6.00. The number of sulfonamides is 2. The molecule has 1 N–H and O–H groups in total. The number of methoxy groups -OCH3 is 1. The minimum atomic E-state index is -3.98. The second kappa shape index (κ2) is 9.71. The Balaban J connectivity index is 1.77. The lowest BCUT2D eigenvalue weighted by atomic mass is 9.96. The third-order valence-electron chi connectivity index (χ3n) is 5.87. The Kier molecular flexibility index (Phi) is 6.86. The number of nitrogens with one attached hydrogen (secondary N) is 1. The summed E-state index contributed by atoms with van der Waals surface area (Å²) in [6, 6.07) is 20.1. The lowest BCUT2D eigenvalue weighted by molar-refractivity contribution is 0.370. The van der Waals surface area contributed by atoms with E-state index in [-0.39, 0.29) is 10.6 Å². The van der Waals surface area contributed by atoms with Crippen LogP contribution in [0, 0.1) is 6.92 Å². The molecule has 0 spiro atoms. The zero-order chi connectivity index (χ0) is 25.2. The molecule has 1 unspecified atom stereocenters. The van der Waals surface area contributed by atoms with Crippen LogP contribution >= 0.6 is 0 Å². The molecule has 8 nitrogen and oxygen atoms in total. The van der Waals surface area contributed by atoms with Gasteiger partial charge in [-0.05, 0) is 66.9 Å². The van der Waals surface area contributed by atoms with Crippen molar-refractivity contribution in [1.29, 1.82) is 0 Å². The van der Waals surface area contributed by atoms with Crippen molar-refractivity contribution >= 4 is 31.4 Å². The summed E-state index contributed by atoms with van der Waals surface area (Å²) in [5, 5.41) is 4.56. The quantitative estimate of drug-likeness (QED) is 0.483. The van der Waals surface area contributed by atoms with Crippen molar-refractivity contribution in [2.75, 3.05) is 17.6 Å². The number of rotatable bonds is 8. The highest BCUT2D eigenvalue weighted by atomic mass is 32.2. The van der Waals surface area contributed by atoms with Gasteiger partial charge in [0, 0.05) is 12.1 Å². The normalized spacial score (nSPS) is 16.1. The lowest BCUT2D eigenvalue weighted by Crippen LogP contribution is -2.27. The fraction of sp³-hybridized carbons (Fsp3) is 0.240. The van der Waals surface area contributed by atoms with E-state index in [1.54, 1.807) is 43.3 Å². The topological polar surface area (TPSA) is 105 Å². The summed E-state index contributed by atoms with van der Waals surface area (Å²) >= 11 is 0. The highest BCUT2D eigenvalue weighted by Crippen LogP contribution is 2.38. The first-order chi connectivity index (χ1) is 16.6. The smallest absolute Gasteiger partial charge is 0.279 e. The van der Waals surface area contributed by atoms with Gasteiger partial charge in [0.2, 0.25) is 10.0 Å². The van der Waals surface area contributed by atoms with Crippen LogP contribution < -0.4 is 9.46 Å². The van der Waals surface area contributed by atoms with Gasteiger partial charge in [-0.15, -0.1) is 0 Å². The average molecular weight is 514 g/mol. The zero-order valence-electron chi connectivity index (χ0n) is 19.7. The summed E-state index contributed by atoms with van der Waals surface area (Å²) < 4.78 is 60.3. The molecule has 10 heteroatoms. The van der Waals surface area contributed by atoms with Gasteiger partial charge >= 0.3 is 0 Å². The number of ether oxygens (including phenoxy) is 1. The molecule has 0 radical (unpaired) electrons. The van der Waals surface area contributed by atoms with Crippen molar-refractivity contribution in [2.24, 2.45) is 5.10 Å². The van der Waals surface area contributed by atoms with Crippen LogP contribution in [0.4, 0.5) is 5.69 Å². The Bertz CT molecular complexity index is 1470. The van der Waals surface area contributed by atoms with Gasteiger partial charge in [-0.1, -0.05) is 36.4 Å². The summed E-state index contributed by atoms with van der Waals surface area (Å²) in [5.41, 5.74) is 3.40. The molecular formula is C25H27N3O5S2. The van der Waals surface area contributed by atoms with Crippen LogP contribution in [0.25, 0.3) is 0 Å². The Morgan fingerprint density at radius 1 is 1.00 bits per heavy atom. The van der Waals surface area contributed by atoms with E-state index in [2.05, 4.69) is 9.82 Å². The number of hydrogen-bond acceptors (Lipinski definition) is 6. The molecule has 0 saturated carbocycles. The van der Waals surface area contributed by atoms with Crippen LogP contribution in [0.5, 0.6) is 5.75 Å². The van der Waals surface area contributed by atoms with E-state index in [1.807, 2.05) is 31.2 Å². The third-order valence-corrected chi connectivity index (χ3v) is 8.88. The van der Waals surface area contributed by atoms with Crippen molar-refractivity contribution in [3.63, 3.8) is 0 Å². The molecular weight excluding hydrogens is 486 g/mol. The molecule has 1 heterocycles. The number of benzene rings is 3. The summed E-state index contributed by atoms with van der Waals surface area (Å²) in [6.07, 6.45) is 0.338. The van der Waals surface area contributed by atoms with Crippen LogP contribution in [-0.4, -0.2) is 39.8 Å². The molecule has 35 heavy (non-hydrogen) atoms. The summed E-state index contributed by atoms with van der Waals surface area (Å²) in [5.74, 6) is 0.498. The number of aryl methyl sites for hydroxylation is 1. The molecule has 0 amide bonds. The third kappa shape index (κ3) is 5.18. The molecule has 0 aromatic heterocycles. The van der Waals surface area contributed by atoms with Crippen LogP contribution in [0.2, 0.25) is 0 Å². The van der Waals surface area contributed by atoms with E-state index in [1.165, 1.54) is 19.2 Å². The number of anilines is 1. The van der Waals surface area contributed by atoms with Crippen molar-refractivity contribution in [3.05, 3.63) is 89.5 Å². The standard InChI is InChI=1S/C25H27N3O5S2/c1-4-34(29,30)27-20-10-7-9-19(16-20)24-17-25(23-11-6-5-8-18(23)2)28(26-24)35(31,32)22-14-12-21(33-3)13-15-22/h5-16,25,27H,4,17H2,1-3H3. The molecule has 0 fully saturated rings. The van der Waals surface area contributed by atoms with E-state index < -0.39 is 26.1 Å². The van der Waals surface area contributed by atoms with E-state index in [4.69, 9.17) is 4.74 Å². The maximum atomic E-state index is 13.7. The highest BCUT2D eigenvalue weighted by molar-refractivity contribution is 7.92. The van der Waals surface area contributed by atoms with Crippen LogP contribution in [0.15, 0.2) is 82.8 Å². The van der Waals surface area contributed by atoms with Crippen LogP contribution in [-0.2, 0) is 20.0 Å². The summed E-state index contributed by atoms with van der Waals surface area (Å²) in [4.78, 5) is 0.103. The zero-order valence-corrected chi connectivity index (χ0v) is 21.3. The minimum Gasteiger partial charge on any atom is -0.497 e. The van der Waals surface area contributed by atoms with Crippen molar-refractivity contribution in [2.45, 2.75) is 31.2 Å². The monoisotopic (exact) mass is 513 g/mol. The second-order valence-electron chi connectivity index (χ2n) is 8.16. The fourth-order valence-electron chi connectivity index (χ4n) is 3.95. The average Bonchev–Trinajstić information content (AvgIpc) is 3.30. The van der Waals surface area contributed by atoms with Gasteiger partial charge in [-0.25, -0.2) is 8.42 Å². The van der Waals surface area contributed by atoms with Gasteiger partial charge in [0.15, 0.2) is 0 Å². The van der Waals surface area contributed by atoms with E-state index in [0.29, 0.717) is 29.1 Å². The second-order valence-corrected chi connectivity index (χ2v) is 12.0. The SMILES string of the molecule is CCS(=O)(=O)Nc1cccc(C2=NN(S(=O)(=O)c3ccc(OC)cc3)C(c3ccccc3C)C2)c1. The Labute approximate surface area is 206 Å². The minimum absolute atomic E-state index is 0.0542. The van der Waals surface area contributed by atoms with Gasteiger partial charge < -0.3 is 4.74 Å². The van der Waals surface area contributed by atoms with E-state index >= 15 is 0 Å². The lowest BCUT2D eigenvalue weighted by Gasteiger charge is -2.24. The van der Waals surface area contributed by atoms with E-state index in [0.717, 1.165) is 15.5 Å². The predicted octanol–water partition coefficient (Wildman–Crippen LogP) is 4.31. The molecule has 184 valence electrons. The Morgan fingerprint density at radius 3 is 2.37 bits per heavy atom. The maximum Gasteiger partial charge on any atom is 0.279 e. The van der Waals surface area contributed by atoms with Gasteiger partial charge in [-0.3, -0.25) is 4.72 Å². The first kappa shape index (κ1) is 24.7. The molecule has 0 aliphatic carbocycles. The maximum absolute atomic E-state index is 13.7. The van der Waals surface area contributed by atoms with Crippen molar-refractivity contribution in [3.8, 4) is 5.75 Å². The first-order valence-corrected chi connectivity index (χ1v) is 14.2. The van der Waals surface area contributed by atoms with Gasteiger partial charge in [0.05, 0.1) is 29.5 Å². The first-order valence-electron chi connectivity index (χ1n) is 11.1. The van der Waals surface area contributed by atoms with E-state index in [9.17, 15) is 16.8 Å². The van der Waals surface area contributed by atoms with Crippen LogP contribution in [0.1, 0.15) is 36.1 Å². The van der Waals surface area contributed by atoms with Crippen molar-refractivity contribution < 1.29 is 21.6 Å². The number of hydrazone groups is 1. The Morgan fingerprint density at radius 2 is 1.71 bits per heavy atom. The van der Waals surface area contributed by atoms with Crippen molar-refractivity contribution in [1.82, 2.24) is 4.41 Å². The van der Waals surface area contributed by atoms with Crippen LogP contribution in [0.3, 0.4) is 0 Å². The molecule has 0 bridgehead atoms. The van der Waals surface area contributed by atoms with Gasteiger partial charge in [-0.2, -0.15) is 17.9 Å². The highest BCUT2D eigenvalue weighted by Gasteiger charge is 2.38. The molecule has 1 aliphatic heterocycles. The Hall–Kier alpha value is -3.37. The summed E-state index contributed by atoms with van der Waals surface area (Å²) in [7, 11) is -5.92. The molecule has 4 rings (SSSR count). The molecule has 1 atom stereocenters. The number of nitrogens with zero attached hydrogens (tertiary/aromatic N) is 2. The molecule has 3 aromatic rings. The molecule has 0 saturated heterocycles. The van der Waals surface area contributed by atoms with Gasteiger partial charge in [0.1, 0.15) is 5.75 Å². The van der Waals surface area contributed by atoms with Gasteiger partial charge in [0.25, 0.3) is 10.0 Å². The largest absolute Gasteiger partial charge is 0.497 e.